The highest BCUT2D eigenvalue weighted by molar-refractivity contribution is 7.09. The van der Waals surface area contributed by atoms with Gasteiger partial charge in [-0.15, -0.1) is 11.3 Å². The first-order valence-electron chi connectivity index (χ1n) is 11.3. The highest BCUT2D eigenvalue weighted by Gasteiger charge is 2.28. The molecule has 4 aromatic rings. The molecular formula is C25H27N5OS. The molecule has 1 aliphatic rings. The van der Waals surface area contributed by atoms with E-state index < -0.39 is 0 Å². The Bertz CT molecular complexity index is 1220. The second-order valence-electron chi connectivity index (χ2n) is 8.40. The van der Waals surface area contributed by atoms with Gasteiger partial charge in [-0.25, -0.2) is 14.6 Å². The minimum absolute atomic E-state index is 0.0300. The third kappa shape index (κ3) is 4.30. The van der Waals surface area contributed by atoms with Gasteiger partial charge in [0.1, 0.15) is 5.69 Å². The first-order valence-corrected chi connectivity index (χ1v) is 12.2. The van der Waals surface area contributed by atoms with Crippen molar-refractivity contribution in [1.82, 2.24) is 24.6 Å². The SMILES string of the molecule is CCCn1ncc2ccc([C@@H]3CCCN(C(=O)c4csc(Cc5ccccc5)n4)C3)nc21. The Labute approximate surface area is 191 Å². The number of carbonyl (C=O) groups is 1. The summed E-state index contributed by atoms with van der Waals surface area (Å²) in [5.41, 5.74) is 3.77. The highest BCUT2D eigenvalue weighted by atomic mass is 32.1. The number of aromatic nitrogens is 4. The van der Waals surface area contributed by atoms with E-state index in [4.69, 9.17) is 4.98 Å². The highest BCUT2D eigenvalue weighted by Crippen LogP contribution is 2.28. The number of pyridine rings is 1. The molecule has 1 fully saturated rings. The molecule has 3 aromatic heterocycles. The van der Waals surface area contributed by atoms with Gasteiger partial charge in [0, 0.05) is 48.4 Å². The van der Waals surface area contributed by atoms with Crippen LogP contribution in [-0.4, -0.2) is 43.6 Å². The van der Waals surface area contributed by atoms with Crippen molar-refractivity contribution in [2.75, 3.05) is 13.1 Å². The van der Waals surface area contributed by atoms with E-state index in [0.717, 1.165) is 60.5 Å². The molecule has 0 bridgehead atoms. The molecule has 5 rings (SSSR count). The van der Waals surface area contributed by atoms with E-state index in [2.05, 4.69) is 41.3 Å². The fraction of sp³-hybridized carbons (Fsp3) is 0.360. The third-order valence-electron chi connectivity index (χ3n) is 6.04. The number of thiazole rings is 1. The Balaban J connectivity index is 1.30. The summed E-state index contributed by atoms with van der Waals surface area (Å²) in [5.74, 6) is 0.270. The van der Waals surface area contributed by atoms with Gasteiger partial charge in [0.15, 0.2) is 5.65 Å². The fourth-order valence-corrected chi connectivity index (χ4v) is 5.20. The molecule has 1 atom stereocenters. The number of fused-ring (bicyclic) bond motifs is 1. The molecule has 0 N–H and O–H groups in total. The molecule has 1 aliphatic heterocycles. The van der Waals surface area contributed by atoms with E-state index >= 15 is 0 Å². The lowest BCUT2D eigenvalue weighted by molar-refractivity contribution is 0.0700. The van der Waals surface area contributed by atoms with Crippen LogP contribution in [-0.2, 0) is 13.0 Å². The molecule has 0 spiro atoms. The van der Waals surface area contributed by atoms with Crippen molar-refractivity contribution in [3.05, 3.63) is 76.0 Å². The summed E-state index contributed by atoms with van der Waals surface area (Å²) >= 11 is 1.56. The number of aryl methyl sites for hydroxylation is 1. The summed E-state index contributed by atoms with van der Waals surface area (Å²) in [7, 11) is 0. The van der Waals surface area contributed by atoms with Gasteiger partial charge in [0.2, 0.25) is 0 Å². The quantitative estimate of drug-likeness (QED) is 0.423. The van der Waals surface area contributed by atoms with Crippen molar-refractivity contribution in [3.63, 3.8) is 0 Å². The fourth-order valence-electron chi connectivity index (χ4n) is 4.40. The Kier molecular flexibility index (Phi) is 5.99. The number of likely N-dealkylation sites (tertiary alicyclic amines) is 1. The molecule has 32 heavy (non-hydrogen) atoms. The van der Waals surface area contributed by atoms with Crippen LogP contribution in [0.4, 0.5) is 0 Å². The van der Waals surface area contributed by atoms with Crippen LogP contribution in [0.25, 0.3) is 11.0 Å². The summed E-state index contributed by atoms with van der Waals surface area (Å²) < 4.78 is 1.98. The van der Waals surface area contributed by atoms with Crippen molar-refractivity contribution in [2.45, 2.75) is 45.1 Å². The monoisotopic (exact) mass is 445 g/mol. The van der Waals surface area contributed by atoms with Crippen molar-refractivity contribution in [3.8, 4) is 0 Å². The molecule has 0 unspecified atom stereocenters. The molecule has 1 amide bonds. The van der Waals surface area contributed by atoms with Gasteiger partial charge in [-0.1, -0.05) is 37.3 Å². The van der Waals surface area contributed by atoms with Crippen LogP contribution in [0.1, 0.15) is 58.9 Å². The number of rotatable bonds is 6. The largest absolute Gasteiger partial charge is 0.337 e. The first-order chi connectivity index (χ1) is 15.7. The van der Waals surface area contributed by atoms with E-state index in [0.29, 0.717) is 12.2 Å². The summed E-state index contributed by atoms with van der Waals surface area (Å²) in [6.45, 7) is 4.47. The zero-order valence-corrected chi connectivity index (χ0v) is 19.1. The van der Waals surface area contributed by atoms with Gasteiger partial charge < -0.3 is 4.90 Å². The third-order valence-corrected chi connectivity index (χ3v) is 6.89. The molecule has 6 nitrogen and oxygen atoms in total. The predicted molar refractivity (Wildman–Crippen MR) is 127 cm³/mol. The zero-order chi connectivity index (χ0) is 21.9. The zero-order valence-electron chi connectivity index (χ0n) is 18.3. The van der Waals surface area contributed by atoms with Crippen LogP contribution in [0.3, 0.4) is 0 Å². The van der Waals surface area contributed by atoms with Crippen LogP contribution >= 0.6 is 11.3 Å². The number of amides is 1. The minimum Gasteiger partial charge on any atom is -0.337 e. The molecule has 164 valence electrons. The number of piperidine rings is 1. The van der Waals surface area contributed by atoms with Crippen molar-refractivity contribution < 1.29 is 4.79 Å². The molecule has 0 radical (unpaired) electrons. The summed E-state index contributed by atoms with van der Waals surface area (Å²) in [6, 6.07) is 14.5. The molecule has 0 aliphatic carbocycles. The lowest BCUT2D eigenvalue weighted by Crippen LogP contribution is -2.39. The Morgan fingerprint density at radius 3 is 2.88 bits per heavy atom. The molecular weight excluding hydrogens is 418 g/mol. The number of carbonyl (C=O) groups excluding carboxylic acids is 1. The summed E-state index contributed by atoms with van der Waals surface area (Å²) in [5, 5.41) is 8.41. The van der Waals surface area contributed by atoms with Crippen molar-refractivity contribution >= 4 is 28.3 Å². The van der Waals surface area contributed by atoms with E-state index in [9.17, 15) is 4.79 Å². The molecule has 0 saturated carbocycles. The lowest BCUT2D eigenvalue weighted by atomic mass is 9.94. The average molecular weight is 446 g/mol. The van der Waals surface area contributed by atoms with Crippen LogP contribution < -0.4 is 0 Å². The van der Waals surface area contributed by atoms with E-state index in [1.807, 2.05) is 39.4 Å². The summed E-state index contributed by atoms with van der Waals surface area (Å²) in [6.07, 6.45) is 5.69. The van der Waals surface area contributed by atoms with Crippen molar-refractivity contribution in [1.29, 1.82) is 0 Å². The predicted octanol–water partition coefficient (Wildman–Crippen LogP) is 4.91. The smallest absolute Gasteiger partial charge is 0.273 e. The number of nitrogens with zero attached hydrogens (tertiary/aromatic N) is 5. The molecule has 4 heterocycles. The lowest BCUT2D eigenvalue weighted by Gasteiger charge is -2.32. The van der Waals surface area contributed by atoms with Gasteiger partial charge in [-0.05, 0) is 37.0 Å². The Morgan fingerprint density at radius 2 is 2.03 bits per heavy atom. The number of benzene rings is 1. The van der Waals surface area contributed by atoms with Crippen molar-refractivity contribution in [2.24, 2.45) is 0 Å². The van der Waals surface area contributed by atoms with Gasteiger partial charge in [0.05, 0.1) is 11.2 Å². The average Bonchev–Trinajstić information content (AvgIpc) is 3.46. The maximum atomic E-state index is 13.2. The first kappa shape index (κ1) is 20.8. The van der Waals surface area contributed by atoms with Gasteiger partial charge in [0.25, 0.3) is 5.91 Å². The second kappa shape index (κ2) is 9.20. The minimum atomic E-state index is 0.0300. The Morgan fingerprint density at radius 1 is 1.16 bits per heavy atom. The maximum absolute atomic E-state index is 13.2. The normalized spacial score (nSPS) is 16.5. The van der Waals surface area contributed by atoms with Crippen LogP contribution in [0.5, 0.6) is 0 Å². The number of hydrogen-bond donors (Lipinski definition) is 0. The van der Waals surface area contributed by atoms with Crippen LogP contribution in [0.15, 0.2) is 54.0 Å². The topological polar surface area (TPSA) is 63.9 Å². The molecule has 1 aromatic carbocycles. The van der Waals surface area contributed by atoms with Gasteiger partial charge in [-0.3, -0.25) is 4.79 Å². The van der Waals surface area contributed by atoms with E-state index in [1.54, 1.807) is 11.3 Å². The van der Waals surface area contributed by atoms with Gasteiger partial charge in [-0.2, -0.15) is 5.10 Å². The van der Waals surface area contributed by atoms with Crippen LogP contribution in [0, 0.1) is 0 Å². The van der Waals surface area contributed by atoms with E-state index in [1.165, 1.54) is 5.56 Å². The van der Waals surface area contributed by atoms with Crippen LogP contribution in [0.2, 0.25) is 0 Å². The summed E-state index contributed by atoms with van der Waals surface area (Å²) in [4.78, 5) is 24.7. The Hall–Kier alpha value is -3.06. The van der Waals surface area contributed by atoms with Gasteiger partial charge >= 0.3 is 0 Å². The standard InChI is InChI=1S/C25H27N5OS/c1-2-12-30-24-19(15-26-30)10-11-21(28-24)20-9-6-13-29(16-20)25(31)22-17-32-23(27-22)14-18-7-4-3-5-8-18/h3-5,7-8,10-11,15,17,20H,2,6,9,12-14,16H2,1H3/t20-/m1/s1. The second-order valence-corrected chi connectivity index (χ2v) is 9.34. The molecule has 7 heteroatoms. The van der Waals surface area contributed by atoms with E-state index in [-0.39, 0.29) is 11.8 Å². The number of hydrogen-bond acceptors (Lipinski definition) is 5. The maximum Gasteiger partial charge on any atom is 0.273 e. The molecule has 1 saturated heterocycles.